The molecule has 4 aromatic rings. The number of phenolic OH excluding ortho intramolecular Hbond substituents is 1. The van der Waals surface area contributed by atoms with Crippen molar-refractivity contribution in [1.29, 1.82) is 0 Å². The van der Waals surface area contributed by atoms with Crippen LogP contribution in [0.3, 0.4) is 0 Å². The van der Waals surface area contributed by atoms with Gasteiger partial charge in [0.05, 0.1) is 12.2 Å². The number of rotatable bonds is 12. The number of carboxylic acid groups (broad SMARTS) is 1. The van der Waals surface area contributed by atoms with Crippen LogP contribution in [0.5, 0.6) is 5.75 Å². The molecule has 3 aliphatic heterocycles. The summed E-state index contributed by atoms with van der Waals surface area (Å²) in [5.74, 6) is -1.10. The van der Waals surface area contributed by atoms with E-state index in [-0.39, 0.29) is 68.7 Å². The number of phosphoric ester groups is 1. The largest absolute Gasteiger partial charge is 0.508 e. The summed E-state index contributed by atoms with van der Waals surface area (Å²) in [6, 6.07) is 12.9. The van der Waals surface area contributed by atoms with Crippen molar-refractivity contribution in [2.24, 2.45) is 0 Å². The third-order valence-electron chi connectivity index (χ3n) is 9.86. The van der Waals surface area contributed by atoms with Gasteiger partial charge in [-0.1, -0.05) is 12.8 Å². The first-order valence-corrected chi connectivity index (χ1v) is 19.4. The first kappa shape index (κ1) is 37.9. The summed E-state index contributed by atoms with van der Waals surface area (Å²) >= 11 is 0. The smallest absolute Gasteiger partial charge is 0.472 e. The van der Waals surface area contributed by atoms with Crippen LogP contribution in [0.1, 0.15) is 52.6 Å². The SMILES string of the molecule is Nc1ncnc2c1nc(NCCCCCCNC(=O)c1ccc(C(=O)O)c(-c3c4ccc(=O)cc-4oc4cc(O)ccc34)c1)n2[C@@H]1O[C@@H]2COP(=O)(O)O[C@H]2[C@H]1O. The Kier molecular flexibility index (Phi) is 10.1. The lowest BCUT2D eigenvalue weighted by atomic mass is 9.89. The van der Waals surface area contributed by atoms with Gasteiger partial charge >= 0.3 is 13.8 Å². The van der Waals surface area contributed by atoms with E-state index < -0.39 is 44.2 Å². The Bertz CT molecular complexity index is 2610. The van der Waals surface area contributed by atoms with E-state index in [9.17, 15) is 39.2 Å². The summed E-state index contributed by atoms with van der Waals surface area (Å²) in [7, 11) is -4.34. The Balaban J connectivity index is 0.901. The number of carbonyl (C=O) groups excluding carboxylic acids is 1. The summed E-state index contributed by atoms with van der Waals surface area (Å²) in [5, 5.41) is 37.9. The van der Waals surface area contributed by atoms with Crippen LogP contribution in [0.25, 0.3) is 44.6 Å². The molecule has 8 rings (SSSR count). The van der Waals surface area contributed by atoms with Gasteiger partial charge in [-0.05, 0) is 60.9 Å². The third kappa shape index (κ3) is 7.39. The molecule has 4 aliphatic rings. The number of hydrogen-bond donors (Lipinski definition) is 7. The number of ether oxygens (including phenoxy) is 1. The number of aromatic hydroxyl groups is 1. The lowest BCUT2D eigenvalue weighted by Gasteiger charge is -2.27. The minimum Gasteiger partial charge on any atom is -0.508 e. The molecule has 5 heterocycles. The van der Waals surface area contributed by atoms with Crippen molar-refractivity contribution >= 4 is 53.6 Å². The van der Waals surface area contributed by atoms with Gasteiger partial charge in [0.1, 0.15) is 41.7 Å². The maximum Gasteiger partial charge on any atom is 0.472 e. The number of amides is 1. The zero-order valence-corrected chi connectivity index (χ0v) is 30.8. The summed E-state index contributed by atoms with van der Waals surface area (Å²) in [6.07, 6.45) is -0.273. The number of aliphatic hydroxyl groups is 1. The Labute approximate surface area is 322 Å². The number of aliphatic hydroxyl groups excluding tert-OH is 1. The van der Waals surface area contributed by atoms with Gasteiger partial charge in [-0.25, -0.2) is 24.3 Å². The summed E-state index contributed by atoms with van der Waals surface area (Å²) in [5.41, 5.74) is 7.84. The number of carbonyl (C=O) groups is 2. The number of aromatic nitrogens is 4. The number of anilines is 2. The second-order valence-corrected chi connectivity index (χ2v) is 15.0. The molecule has 2 fully saturated rings. The van der Waals surface area contributed by atoms with E-state index in [0.29, 0.717) is 42.4 Å². The van der Waals surface area contributed by atoms with E-state index in [1.807, 2.05) is 0 Å². The highest BCUT2D eigenvalue weighted by molar-refractivity contribution is 7.47. The van der Waals surface area contributed by atoms with Crippen molar-refractivity contribution in [2.75, 3.05) is 30.7 Å². The van der Waals surface area contributed by atoms with Crippen LogP contribution in [0.2, 0.25) is 0 Å². The zero-order chi connectivity index (χ0) is 40.0. The van der Waals surface area contributed by atoms with Gasteiger partial charge in [-0.2, -0.15) is 0 Å². The van der Waals surface area contributed by atoms with Crippen LogP contribution in [0.4, 0.5) is 11.8 Å². The molecule has 20 heteroatoms. The minimum absolute atomic E-state index is 0.0630. The molecule has 2 aromatic heterocycles. The lowest BCUT2D eigenvalue weighted by molar-refractivity contribution is -0.0659. The second-order valence-electron chi connectivity index (χ2n) is 13.6. The number of carboxylic acids is 1. The lowest BCUT2D eigenvalue weighted by Crippen LogP contribution is -2.39. The van der Waals surface area contributed by atoms with Crippen molar-refractivity contribution in [2.45, 2.75) is 50.2 Å². The fraction of sp³-hybridized carbons (Fsp3) is 0.297. The topological polar surface area (TPSA) is 284 Å². The number of fused-ring (bicyclic) bond motifs is 4. The number of imidazole rings is 1. The van der Waals surface area contributed by atoms with Crippen LogP contribution in [-0.4, -0.2) is 89.6 Å². The number of aromatic carboxylic acids is 1. The molecule has 2 saturated heterocycles. The number of nitrogens with one attached hydrogen (secondary N) is 2. The zero-order valence-electron chi connectivity index (χ0n) is 29.9. The van der Waals surface area contributed by atoms with Gasteiger partial charge in [0, 0.05) is 47.3 Å². The molecule has 0 saturated carbocycles. The molecule has 0 spiro atoms. The molecule has 1 unspecified atom stereocenters. The predicted octanol–water partition coefficient (Wildman–Crippen LogP) is 3.87. The van der Waals surface area contributed by atoms with Gasteiger partial charge in [-0.15, -0.1) is 0 Å². The number of phenols is 1. The number of nitrogens with two attached hydrogens (primary N) is 1. The van der Waals surface area contributed by atoms with Crippen molar-refractivity contribution < 1.29 is 52.6 Å². The number of unbranched alkanes of at least 4 members (excludes halogenated alkanes) is 3. The summed E-state index contributed by atoms with van der Waals surface area (Å²) in [6.45, 7) is 0.548. The highest BCUT2D eigenvalue weighted by Gasteiger charge is 2.53. The molecule has 0 radical (unpaired) electrons. The summed E-state index contributed by atoms with van der Waals surface area (Å²) in [4.78, 5) is 60.5. The van der Waals surface area contributed by atoms with E-state index in [2.05, 4.69) is 25.6 Å². The number of phosphoric acid groups is 1. The molecular formula is C37H36N7O12P. The van der Waals surface area contributed by atoms with Crippen LogP contribution in [-0.2, 0) is 18.3 Å². The maximum atomic E-state index is 13.3. The maximum absolute atomic E-state index is 13.3. The van der Waals surface area contributed by atoms with Gasteiger partial charge in [0.15, 0.2) is 28.6 Å². The van der Waals surface area contributed by atoms with Crippen molar-refractivity contribution in [1.82, 2.24) is 24.8 Å². The number of benzene rings is 3. The quantitative estimate of drug-likeness (QED) is 0.0525. The van der Waals surface area contributed by atoms with Gasteiger partial charge in [-0.3, -0.25) is 23.2 Å². The molecule has 1 amide bonds. The fourth-order valence-corrected chi connectivity index (χ4v) is 8.14. The molecule has 296 valence electrons. The molecule has 57 heavy (non-hydrogen) atoms. The van der Waals surface area contributed by atoms with Crippen molar-refractivity contribution in [3.8, 4) is 28.2 Å². The normalized spacial score (nSPS) is 21.9. The molecule has 2 aromatic carbocycles. The number of nitrogens with zero attached hydrogens (tertiary/aromatic N) is 4. The van der Waals surface area contributed by atoms with Crippen LogP contribution in [0.15, 0.2) is 70.1 Å². The number of nitrogen functional groups attached to an aromatic ring is 1. The van der Waals surface area contributed by atoms with E-state index in [1.54, 1.807) is 12.1 Å². The average molecular weight is 802 g/mol. The highest BCUT2D eigenvalue weighted by atomic mass is 31.2. The average Bonchev–Trinajstić information content (AvgIpc) is 3.70. The Morgan fingerprint density at radius 1 is 1.00 bits per heavy atom. The first-order chi connectivity index (χ1) is 27.4. The second kappa shape index (κ2) is 15.2. The molecule has 8 N–H and O–H groups in total. The van der Waals surface area contributed by atoms with Crippen molar-refractivity contribution in [3.63, 3.8) is 0 Å². The first-order valence-electron chi connectivity index (χ1n) is 18.0. The van der Waals surface area contributed by atoms with Gasteiger partial charge in [0.2, 0.25) is 5.95 Å². The third-order valence-corrected chi connectivity index (χ3v) is 10.8. The molecule has 1 aliphatic carbocycles. The molecule has 19 nitrogen and oxygen atoms in total. The van der Waals surface area contributed by atoms with Crippen LogP contribution in [0, 0.1) is 0 Å². The fourth-order valence-electron chi connectivity index (χ4n) is 7.18. The van der Waals surface area contributed by atoms with Crippen LogP contribution >= 0.6 is 7.82 Å². The molecule has 5 atom stereocenters. The Morgan fingerprint density at radius 2 is 1.81 bits per heavy atom. The van der Waals surface area contributed by atoms with Crippen molar-refractivity contribution in [3.05, 3.63) is 82.3 Å². The van der Waals surface area contributed by atoms with E-state index >= 15 is 0 Å². The Hall–Kier alpha value is -5.95. The number of hydrogen-bond acceptors (Lipinski definition) is 15. The standard InChI is InChI=1S/C37H36N7O12P/c38-32-29-33(42-17-41-32)44(35-30(47)31-27(55-35)16-53-57(51,52)56-31)37(43-29)40-12-4-2-1-3-11-39-34(48)18-5-8-21(36(49)50)24(13-18)28-22-9-6-19(45)14-25(22)54-26-15-20(46)7-10-23(26)28/h5-10,13-15,17,27,30-31,35,45,47H,1-4,11-12,16H2,(H,39,48)(H,40,43)(H,49,50)(H,51,52)(H2,38,41,42)/t27-,30-,31-,35-/m1/s1. The monoisotopic (exact) mass is 801 g/mol. The Morgan fingerprint density at radius 3 is 2.61 bits per heavy atom. The van der Waals surface area contributed by atoms with Crippen LogP contribution < -0.4 is 21.8 Å². The molecule has 0 bridgehead atoms. The molecular weight excluding hydrogens is 765 g/mol. The predicted molar refractivity (Wildman–Crippen MR) is 203 cm³/mol. The highest BCUT2D eigenvalue weighted by Crippen LogP contribution is 2.53. The van der Waals surface area contributed by atoms with E-state index in [4.69, 9.17) is 23.9 Å². The van der Waals surface area contributed by atoms with E-state index in [1.165, 1.54) is 53.4 Å². The van der Waals surface area contributed by atoms with E-state index in [0.717, 1.165) is 12.8 Å². The minimum atomic E-state index is -4.34. The van der Waals surface area contributed by atoms with Gasteiger partial charge in [0.25, 0.3) is 5.91 Å². The summed E-state index contributed by atoms with van der Waals surface area (Å²) < 4.78 is 35.4. The van der Waals surface area contributed by atoms with Gasteiger partial charge < -0.3 is 45.7 Å².